The fourth-order valence-electron chi connectivity index (χ4n) is 3.14. The summed E-state index contributed by atoms with van der Waals surface area (Å²) in [6.45, 7) is 4.94. The Morgan fingerprint density at radius 1 is 1.04 bits per heavy atom. The number of amides is 1. The van der Waals surface area contributed by atoms with E-state index in [1.165, 1.54) is 11.3 Å². The second-order valence-corrected chi connectivity index (χ2v) is 7.16. The number of benzene rings is 3. The van der Waals surface area contributed by atoms with Crippen LogP contribution in [0.25, 0.3) is 21.0 Å². The molecule has 6 heteroatoms. The van der Waals surface area contributed by atoms with E-state index < -0.39 is 0 Å². The molecule has 0 fully saturated rings. The quantitative estimate of drug-likeness (QED) is 0.471. The average molecular weight is 392 g/mol. The molecule has 0 bridgehead atoms. The number of hydrogen-bond donors (Lipinski definition) is 1. The topological polar surface area (TPSA) is 60.5 Å². The SMILES string of the molecule is CCOc1ccc2nc(NC(=O)c3c(OCC)ccc4ccccc34)sc2c1. The molecule has 0 aliphatic rings. The highest BCUT2D eigenvalue weighted by Gasteiger charge is 2.18. The summed E-state index contributed by atoms with van der Waals surface area (Å²) in [5, 5.41) is 5.32. The van der Waals surface area contributed by atoms with Crippen LogP contribution in [0.4, 0.5) is 5.13 Å². The molecule has 1 heterocycles. The van der Waals surface area contributed by atoms with Gasteiger partial charge in [-0.3, -0.25) is 10.1 Å². The lowest BCUT2D eigenvalue weighted by Crippen LogP contribution is -2.14. The van der Waals surface area contributed by atoms with Crippen LogP contribution < -0.4 is 14.8 Å². The number of aromatic nitrogens is 1. The first-order valence-corrected chi connectivity index (χ1v) is 10.0. The zero-order valence-electron chi connectivity index (χ0n) is 15.7. The van der Waals surface area contributed by atoms with Gasteiger partial charge in [-0.15, -0.1) is 0 Å². The Kier molecular flexibility index (Phi) is 5.12. The molecule has 0 unspecified atom stereocenters. The highest BCUT2D eigenvalue weighted by atomic mass is 32.1. The predicted molar refractivity (Wildman–Crippen MR) is 114 cm³/mol. The lowest BCUT2D eigenvalue weighted by molar-refractivity contribution is 0.102. The second-order valence-electron chi connectivity index (χ2n) is 6.13. The number of carbonyl (C=O) groups excluding carboxylic acids is 1. The van der Waals surface area contributed by atoms with E-state index in [-0.39, 0.29) is 5.91 Å². The number of carbonyl (C=O) groups is 1. The number of thiazole rings is 1. The number of anilines is 1. The second kappa shape index (κ2) is 7.86. The molecule has 5 nitrogen and oxygen atoms in total. The van der Waals surface area contributed by atoms with Gasteiger partial charge in [0.05, 0.1) is 29.0 Å². The van der Waals surface area contributed by atoms with Gasteiger partial charge in [0.15, 0.2) is 5.13 Å². The van der Waals surface area contributed by atoms with Crippen LogP contribution in [0, 0.1) is 0 Å². The highest BCUT2D eigenvalue weighted by molar-refractivity contribution is 7.22. The van der Waals surface area contributed by atoms with Gasteiger partial charge in [0, 0.05) is 0 Å². The van der Waals surface area contributed by atoms with Crippen LogP contribution in [0.3, 0.4) is 0 Å². The molecule has 0 aliphatic carbocycles. The van der Waals surface area contributed by atoms with Crippen LogP contribution >= 0.6 is 11.3 Å². The molecule has 3 aromatic carbocycles. The first kappa shape index (κ1) is 18.3. The maximum absolute atomic E-state index is 13.1. The van der Waals surface area contributed by atoms with E-state index in [9.17, 15) is 4.79 Å². The Morgan fingerprint density at radius 2 is 1.86 bits per heavy atom. The molecular formula is C22H20N2O3S. The van der Waals surface area contributed by atoms with Gasteiger partial charge in [-0.25, -0.2) is 4.98 Å². The van der Waals surface area contributed by atoms with Gasteiger partial charge < -0.3 is 9.47 Å². The summed E-state index contributed by atoms with van der Waals surface area (Å²) >= 11 is 1.42. The monoisotopic (exact) mass is 392 g/mol. The smallest absolute Gasteiger partial charge is 0.261 e. The van der Waals surface area contributed by atoms with Crippen molar-refractivity contribution in [2.45, 2.75) is 13.8 Å². The van der Waals surface area contributed by atoms with Crippen molar-refractivity contribution < 1.29 is 14.3 Å². The molecule has 4 aromatic rings. The number of rotatable bonds is 6. The molecule has 1 aromatic heterocycles. The van der Waals surface area contributed by atoms with Crippen molar-refractivity contribution in [3.63, 3.8) is 0 Å². The summed E-state index contributed by atoms with van der Waals surface area (Å²) in [6.07, 6.45) is 0. The van der Waals surface area contributed by atoms with Crippen molar-refractivity contribution in [1.29, 1.82) is 0 Å². The summed E-state index contributed by atoms with van der Waals surface area (Å²) in [6, 6.07) is 17.3. The molecule has 0 atom stereocenters. The summed E-state index contributed by atoms with van der Waals surface area (Å²) in [5.74, 6) is 1.13. The Balaban J connectivity index is 1.70. The molecule has 1 N–H and O–H groups in total. The lowest BCUT2D eigenvalue weighted by Gasteiger charge is -2.12. The van der Waals surface area contributed by atoms with Gasteiger partial charge in [0.25, 0.3) is 5.91 Å². The van der Waals surface area contributed by atoms with Crippen molar-refractivity contribution in [2.75, 3.05) is 18.5 Å². The molecule has 0 aliphatic heterocycles. The van der Waals surface area contributed by atoms with E-state index in [1.807, 2.05) is 68.4 Å². The van der Waals surface area contributed by atoms with E-state index in [2.05, 4.69) is 10.3 Å². The molecule has 142 valence electrons. The summed E-state index contributed by atoms with van der Waals surface area (Å²) in [7, 11) is 0. The van der Waals surface area contributed by atoms with Crippen LogP contribution in [-0.4, -0.2) is 24.1 Å². The largest absolute Gasteiger partial charge is 0.494 e. The van der Waals surface area contributed by atoms with Crippen molar-refractivity contribution in [2.24, 2.45) is 0 Å². The van der Waals surface area contributed by atoms with Crippen molar-refractivity contribution in [3.8, 4) is 11.5 Å². The van der Waals surface area contributed by atoms with Crippen molar-refractivity contribution in [3.05, 3.63) is 60.2 Å². The molecule has 0 radical (unpaired) electrons. The molecule has 0 spiro atoms. The summed E-state index contributed by atoms with van der Waals surface area (Å²) in [5.41, 5.74) is 1.35. The van der Waals surface area contributed by atoms with Gasteiger partial charge >= 0.3 is 0 Å². The molecule has 28 heavy (non-hydrogen) atoms. The third kappa shape index (κ3) is 3.51. The van der Waals surface area contributed by atoms with E-state index in [1.54, 1.807) is 0 Å². The van der Waals surface area contributed by atoms with Gasteiger partial charge in [-0.05, 0) is 48.9 Å². The maximum Gasteiger partial charge on any atom is 0.261 e. The van der Waals surface area contributed by atoms with E-state index in [0.717, 1.165) is 26.7 Å². The minimum Gasteiger partial charge on any atom is -0.494 e. The number of hydrogen-bond acceptors (Lipinski definition) is 5. The molecule has 1 amide bonds. The fourth-order valence-corrected chi connectivity index (χ4v) is 4.03. The number of nitrogens with zero attached hydrogens (tertiary/aromatic N) is 1. The van der Waals surface area contributed by atoms with Gasteiger partial charge in [0.1, 0.15) is 11.5 Å². The highest BCUT2D eigenvalue weighted by Crippen LogP contribution is 2.32. The van der Waals surface area contributed by atoms with E-state index >= 15 is 0 Å². The predicted octanol–water partition coefficient (Wildman–Crippen LogP) is 5.50. The number of nitrogens with one attached hydrogen (secondary N) is 1. The zero-order valence-corrected chi connectivity index (χ0v) is 16.5. The van der Waals surface area contributed by atoms with Crippen molar-refractivity contribution >= 4 is 43.4 Å². The Labute approximate surface area is 166 Å². The first-order chi connectivity index (χ1) is 13.7. The van der Waals surface area contributed by atoms with Crippen LogP contribution in [0.2, 0.25) is 0 Å². The van der Waals surface area contributed by atoms with Gasteiger partial charge in [-0.1, -0.05) is 41.7 Å². The average Bonchev–Trinajstić information content (AvgIpc) is 3.09. The van der Waals surface area contributed by atoms with Gasteiger partial charge in [-0.2, -0.15) is 0 Å². The minimum absolute atomic E-state index is 0.232. The van der Waals surface area contributed by atoms with E-state index in [0.29, 0.717) is 29.7 Å². The molecule has 0 saturated heterocycles. The standard InChI is InChI=1S/C22H20N2O3S/c1-3-26-15-10-11-17-19(13-15)28-22(23-17)24-21(25)20-16-8-6-5-7-14(16)9-12-18(20)27-4-2/h5-13H,3-4H2,1-2H3,(H,23,24,25). The fraction of sp³-hybridized carbons (Fsp3) is 0.182. The Morgan fingerprint density at radius 3 is 2.68 bits per heavy atom. The van der Waals surface area contributed by atoms with Gasteiger partial charge in [0.2, 0.25) is 0 Å². The van der Waals surface area contributed by atoms with Crippen LogP contribution in [-0.2, 0) is 0 Å². The molecule has 0 saturated carbocycles. The zero-order chi connectivity index (χ0) is 19.5. The van der Waals surface area contributed by atoms with Crippen LogP contribution in [0.5, 0.6) is 11.5 Å². The van der Waals surface area contributed by atoms with Crippen LogP contribution in [0.1, 0.15) is 24.2 Å². The third-order valence-corrected chi connectivity index (χ3v) is 5.24. The Bertz CT molecular complexity index is 1150. The normalized spacial score (nSPS) is 10.9. The Hall–Kier alpha value is -3.12. The molecular weight excluding hydrogens is 372 g/mol. The number of fused-ring (bicyclic) bond motifs is 2. The minimum atomic E-state index is -0.232. The van der Waals surface area contributed by atoms with E-state index in [4.69, 9.17) is 9.47 Å². The third-order valence-electron chi connectivity index (χ3n) is 4.31. The summed E-state index contributed by atoms with van der Waals surface area (Å²) in [4.78, 5) is 17.6. The number of ether oxygens (including phenoxy) is 2. The van der Waals surface area contributed by atoms with Crippen molar-refractivity contribution in [1.82, 2.24) is 4.98 Å². The maximum atomic E-state index is 13.1. The van der Waals surface area contributed by atoms with Crippen LogP contribution in [0.15, 0.2) is 54.6 Å². The lowest BCUT2D eigenvalue weighted by atomic mass is 10.0. The molecule has 4 rings (SSSR count). The first-order valence-electron chi connectivity index (χ1n) is 9.19. The summed E-state index contributed by atoms with van der Waals surface area (Å²) < 4.78 is 12.2.